The zero-order chi connectivity index (χ0) is 26.2. The van der Waals surface area contributed by atoms with Gasteiger partial charge in [0.2, 0.25) is 0 Å². The molecule has 0 aromatic heterocycles. The summed E-state index contributed by atoms with van der Waals surface area (Å²) in [6.07, 6.45) is -3.32. The summed E-state index contributed by atoms with van der Waals surface area (Å²) in [5.74, 6) is -2.88. The van der Waals surface area contributed by atoms with E-state index in [1.54, 1.807) is 27.9 Å². The number of nitrogens with one attached hydrogen (secondary N) is 2. The molecule has 194 valence electrons. The van der Waals surface area contributed by atoms with E-state index in [2.05, 4.69) is 0 Å². The third-order valence-electron chi connectivity index (χ3n) is 5.74. The molecule has 2 aromatic carbocycles. The number of hydrogen-bond acceptors (Lipinski definition) is 5. The molecule has 1 aliphatic heterocycles. The molecule has 1 fully saturated rings. The Hall–Kier alpha value is -3.80. The zero-order valence-electron chi connectivity index (χ0n) is 19.8. The molecule has 12 heteroatoms. The van der Waals surface area contributed by atoms with Crippen LogP contribution in [0.5, 0.6) is 5.75 Å². The minimum atomic E-state index is -3.32. The van der Waals surface area contributed by atoms with Crippen molar-refractivity contribution >= 4 is 17.8 Å². The lowest BCUT2D eigenvalue weighted by Crippen LogP contribution is -2.48. The minimum absolute atomic E-state index is 0.120. The molecule has 2 aromatic rings. The van der Waals surface area contributed by atoms with Crippen LogP contribution in [-0.2, 0) is 16.1 Å². The predicted molar refractivity (Wildman–Crippen MR) is 123 cm³/mol. The third-order valence-corrected chi connectivity index (χ3v) is 5.74. The molecular weight excluding hydrogens is 481 g/mol. The molecule has 0 radical (unpaired) electrons. The quantitative estimate of drug-likeness (QED) is 0.561. The van der Waals surface area contributed by atoms with Gasteiger partial charge in [-0.3, -0.25) is 20.4 Å². The summed E-state index contributed by atoms with van der Waals surface area (Å²) >= 11 is 0. The van der Waals surface area contributed by atoms with Crippen LogP contribution >= 0.6 is 0 Å². The average Bonchev–Trinajstić information content (AvgIpc) is 2.90. The minimum Gasteiger partial charge on any atom is -0.496 e. The van der Waals surface area contributed by atoms with Crippen molar-refractivity contribution in [2.24, 2.45) is 0 Å². The Morgan fingerprint density at radius 3 is 2.44 bits per heavy atom. The molecule has 3 rings (SSSR count). The van der Waals surface area contributed by atoms with E-state index >= 15 is 4.39 Å². The van der Waals surface area contributed by atoms with Gasteiger partial charge in [-0.1, -0.05) is 24.3 Å². The summed E-state index contributed by atoms with van der Waals surface area (Å²) in [6.45, 7) is 3.25. The molecular formula is C24H27F3N4O5. The van der Waals surface area contributed by atoms with E-state index in [1.807, 2.05) is 19.1 Å². The highest BCUT2D eigenvalue weighted by atomic mass is 19.3. The van der Waals surface area contributed by atoms with Gasteiger partial charge in [0.05, 0.1) is 32.9 Å². The van der Waals surface area contributed by atoms with E-state index in [4.69, 9.17) is 9.47 Å². The highest BCUT2D eigenvalue weighted by Crippen LogP contribution is 2.31. The number of halogens is 3. The Morgan fingerprint density at radius 1 is 1.11 bits per heavy atom. The number of morpholine rings is 1. The Labute approximate surface area is 206 Å². The lowest BCUT2D eigenvalue weighted by molar-refractivity contribution is -0.132. The molecule has 2 N–H and O–H groups in total. The molecule has 1 saturated heterocycles. The molecule has 1 aliphatic rings. The summed E-state index contributed by atoms with van der Waals surface area (Å²) in [7, 11) is 1.52. The molecule has 1 atom stereocenters. The highest BCUT2D eigenvalue weighted by Gasteiger charge is 2.30. The SMILES string of the molecule is COc1ccccc1C(C)N(Cc1ccc(C(=O)NNC(=O)C(F)F)cc1F)C(=O)N1CCOCC1. The number of para-hydroxylation sites is 1. The second-order valence-corrected chi connectivity index (χ2v) is 7.98. The van der Waals surface area contributed by atoms with Crippen LogP contribution in [0.4, 0.5) is 18.0 Å². The first-order valence-corrected chi connectivity index (χ1v) is 11.2. The van der Waals surface area contributed by atoms with Crippen molar-refractivity contribution in [1.29, 1.82) is 0 Å². The molecule has 0 spiro atoms. The molecule has 0 saturated carbocycles. The number of carbonyl (C=O) groups excluding carboxylic acids is 3. The van der Waals surface area contributed by atoms with Crippen LogP contribution in [0.3, 0.4) is 0 Å². The molecule has 1 heterocycles. The molecule has 9 nitrogen and oxygen atoms in total. The van der Waals surface area contributed by atoms with Crippen LogP contribution in [0.1, 0.15) is 34.5 Å². The van der Waals surface area contributed by atoms with Gasteiger partial charge in [0, 0.05) is 29.8 Å². The number of nitrogens with zero attached hydrogens (tertiary/aromatic N) is 2. The van der Waals surface area contributed by atoms with Crippen molar-refractivity contribution in [2.75, 3.05) is 33.4 Å². The van der Waals surface area contributed by atoms with E-state index in [1.165, 1.54) is 24.1 Å². The monoisotopic (exact) mass is 508 g/mol. The second kappa shape index (κ2) is 12.2. The lowest BCUT2D eigenvalue weighted by atomic mass is 10.0. The van der Waals surface area contributed by atoms with Gasteiger partial charge in [0.15, 0.2) is 0 Å². The lowest BCUT2D eigenvalue weighted by Gasteiger charge is -2.37. The predicted octanol–water partition coefficient (Wildman–Crippen LogP) is 2.88. The number of methoxy groups -OCH3 is 1. The Balaban J connectivity index is 1.84. The first-order chi connectivity index (χ1) is 17.2. The van der Waals surface area contributed by atoms with Gasteiger partial charge in [-0.25, -0.2) is 9.18 Å². The maximum absolute atomic E-state index is 15.0. The fourth-order valence-electron chi connectivity index (χ4n) is 3.73. The van der Waals surface area contributed by atoms with Gasteiger partial charge in [-0.15, -0.1) is 0 Å². The van der Waals surface area contributed by atoms with E-state index in [-0.39, 0.29) is 23.7 Å². The van der Waals surface area contributed by atoms with Crippen molar-refractivity contribution in [3.63, 3.8) is 0 Å². The normalized spacial score (nSPS) is 14.2. The smallest absolute Gasteiger partial charge is 0.320 e. The number of carbonyl (C=O) groups is 3. The van der Waals surface area contributed by atoms with E-state index in [0.717, 1.165) is 11.6 Å². The van der Waals surface area contributed by atoms with Crippen molar-refractivity contribution in [2.45, 2.75) is 25.9 Å². The number of amides is 4. The van der Waals surface area contributed by atoms with Gasteiger partial charge in [-0.2, -0.15) is 8.78 Å². The van der Waals surface area contributed by atoms with Crippen LogP contribution in [0, 0.1) is 5.82 Å². The molecule has 0 bridgehead atoms. The standard InChI is InChI=1S/C24H27F3N4O5/c1-15(18-5-3-4-6-20(18)35-2)31(24(34)30-9-11-36-12-10-30)14-17-8-7-16(13-19(17)25)22(32)28-29-23(33)21(26)27/h3-8,13,15,21H,9-12,14H2,1-2H3,(H,28,32)(H,29,33). The topological polar surface area (TPSA) is 100 Å². The van der Waals surface area contributed by atoms with Gasteiger partial charge >= 0.3 is 18.4 Å². The van der Waals surface area contributed by atoms with Crippen molar-refractivity contribution in [3.8, 4) is 5.75 Å². The molecule has 0 aliphatic carbocycles. The number of alkyl halides is 2. The van der Waals surface area contributed by atoms with Crippen LogP contribution < -0.4 is 15.6 Å². The second-order valence-electron chi connectivity index (χ2n) is 7.98. The molecule has 1 unspecified atom stereocenters. The average molecular weight is 508 g/mol. The van der Waals surface area contributed by atoms with Gasteiger partial charge in [-0.05, 0) is 25.1 Å². The summed E-state index contributed by atoms with van der Waals surface area (Å²) < 4.78 is 50.4. The highest BCUT2D eigenvalue weighted by molar-refractivity contribution is 5.95. The first kappa shape index (κ1) is 26.8. The number of benzene rings is 2. The van der Waals surface area contributed by atoms with Crippen molar-refractivity contribution in [1.82, 2.24) is 20.7 Å². The number of hydrogen-bond donors (Lipinski definition) is 2. The van der Waals surface area contributed by atoms with Gasteiger partial charge in [0.25, 0.3) is 5.91 Å². The summed E-state index contributed by atoms with van der Waals surface area (Å²) in [5, 5.41) is 0. The van der Waals surface area contributed by atoms with Gasteiger partial charge in [0.1, 0.15) is 11.6 Å². The summed E-state index contributed by atoms with van der Waals surface area (Å²) in [6, 6.07) is 9.90. The number of ether oxygens (including phenoxy) is 2. The Morgan fingerprint density at radius 2 is 1.81 bits per heavy atom. The van der Waals surface area contributed by atoms with Crippen molar-refractivity contribution < 1.29 is 37.0 Å². The number of hydrazine groups is 1. The largest absolute Gasteiger partial charge is 0.496 e. The fraction of sp³-hybridized carbons (Fsp3) is 0.375. The summed E-state index contributed by atoms with van der Waals surface area (Å²) in [4.78, 5) is 39.6. The van der Waals surface area contributed by atoms with Crippen LogP contribution in [0.25, 0.3) is 0 Å². The maximum atomic E-state index is 15.0. The maximum Gasteiger partial charge on any atom is 0.320 e. The Kier molecular flexibility index (Phi) is 9.12. The Bertz CT molecular complexity index is 1100. The van der Waals surface area contributed by atoms with E-state index < -0.39 is 30.1 Å². The van der Waals surface area contributed by atoms with Crippen LogP contribution in [-0.4, -0.2) is 67.5 Å². The van der Waals surface area contributed by atoms with E-state index in [9.17, 15) is 23.2 Å². The third kappa shape index (κ3) is 6.45. The van der Waals surface area contributed by atoms with E-state index in [0.29, 0.717) is 32.1 Å². The molecule has 4 amide bonds. The number of urea groups is 1. The van der Waals surface area contributed by atoms with Crippen molar-refractivity contribution in [3.05, 3.63) is 65.0 Å². The fourth-order valence-corrected chi connectivity index (χ4v) is 3.73. The van der Waals surface area contributed by atoms with Crippen LogP contribution in [0.2, 0.25) is 0 Å². The summed E-state index contributed by atoms with van der Waals surface area (Å²) in [5.41, 5.74) is 4.01. The van der Waals surface area contributed by atoms with Gasteiger partial charge < -0.3 is 19.3 Å². The molecule has 36 heavy (non-hydrogen) atoms. The zero-order valence-corrected chi connectivity index (χ0v) is 19.8. The first-order valence-electron chi connectivity index (χ1n) is 11.2. The van der Waals surface area contributed by atoms with Crippen LogP contribution in [0.15, 0.2) is 42.5 Å². The number of rotatable bonds is 7.